The number of aromatic nitrogens is 2. The molecule has 0 spiro atoms. The van der Waals surface area contributed by atoms with Gasteiger partial charge in [-0.3, -0.25) is 4.31 Å². The predicted octanol–water partition coefficient (Wildman–Crippen LogP) is 3.70. The summed E-state index contributed by atoms with van der Waals surface area (Å²) in [5.41, 5.74) is 1.67. The van der Waals surface area contributed by atoms with Crippen molar-refractivity contribution in [1.82, 2.24) is 10.1 Å². The largest absolute Gasteiger partial charge is 0.495 e. The highest BCUT2D eigenvalue weighted by atomic mass is 32.2. The Morgan fingerprint density at radius 3 is 2.73 bits per heavy atom. The molecule has 1 aliphatic rings. The number of aryl methyl sites for hydroxylation is 1. The number of nitrogens with zero attached hydrogens (tertiary/aromatic N) is 3. The zero-order chi connectivity index (χ0) is 23.6. The van der Waals surface area contributed by atoms with Crippen molar-refractivity contribution in [2.75, 3.05) is 18.0 Å². The van der Waals surface area contributed by atoms with Gasteiger partial charge in [0.05, 0.1) is 18.4 Å². The van der Waals surface area contributed by atoms with Gasteiger partial charge in [0.15, 0.2) is 12.4 Å². The molecule has 0 atom stereocenters. The highest BCUT2D eigenvalue weighted by Gasteiger charge is 2.32. The van der Waals surface area contributed by atoms with E-state index in [0.717, 1.165) is 12.0 Å². The van der Waals surface area contributed by atoms with Crippen LogP contribution >= 0.6 is 0 Å². The molecule has 4 rings (SSSR count). The third-order valence-corrected chi connectivity index (χ3v) is 7.20. The highest BCUT2D eigenvalue weighted by molar-refractivity contribution is 7.93. The lowest BCUT2D eigenvalue weighted by atomic mass is 10.0. The van der Waals surface area contributed by atoms with Gasteiger partial charge in [-0.25, -0.2) is 13.2 Å². The van der Waals surface area contributed by atoms with Crippen LogP contribution in [0.5, 0.6) is 5.75 Å². The van der Waals surface area contributed by atoms with Crippen LogP contribution in [-0.4, -0.2) is 38.2 Å². The van der Waals surface area contributed by atoms with E-state index in [2.05, 4.69) is 10.1 Å². The second-order valence-corrected chi connectivity index (χ2v) is 9.78. The number of ether oxygens (including phenoxy) is 2. The average molecular weight is 472 g/mol. The van der Waals surface area contributed by atoms with Crippen molar-refractivity contribution in [3.63, 3.8) is 0 Å². The molecule has 33 heavy (non-hydrogen) atoms. The van der Waals surface area contributed by atoms with Gasteiger partial charge in [0.2, 0.25) is 0 Å². The van der Waals surface area contributed by atoms with E-state index in [0.29, 0.717) is 24.5 Å². The quantitative estimate of drug-likeness (QED) is 0.480. The van der Waals surface area contributed by atoms with E-state index in [9.17, 15) is 13.2 Å². The van der Waals surface area contributed by atoms with Gasteiger partial charge in [0.25, 0.3) is 15.9 Å². The summed E-state index contributed by atoms with van der Waals surface area (Å²) in [6, 6.07) is 11.6. The van der Waals surface area contributed by atoms with Crippen LogP contribution in [0.3, 0.4) is 0 Å². The Balaban J connectivity index is 1.61. The first-order valence-corrected chi connectivity index (χ1v) is 12.0. The molecule has 1 aromatic heterocycles. The fourth-order valence-electron chi connectivity index (χ4n) is 3.64. The van der Waals surface area contributed by atoms with Gasteiger partial charge >= 0.3 is 5.97 Å². The summed E-state index contributed by atoms with van der Waals surface area (Å²) >= 11 is 0. The zero-order valence-electron chi connectivity index (χ0n) is 18.6. The lowest BCUT2D eigenvalue weighted by Crippen LogP contribution is -2.35. The average Bonchev–Trinajstić information content (AvgIpc) is 3.31. The fraction of sp³-hybridized carbons (Fsp3) is 0.348. The normalized spacial score (nSPS) is 13.6. The minimum absolute atomic E-state index is 0.0725. The molecule has 0 radical (unpaired) electrons. The molecule has 0 saturated carbocycles. The number of sulfonamides is 1. The molecule has 0 fully saturated rings. The Morgan fingerprint density at radius 2 is 2.00 bits per heavy atom. The van der Waals surface area contributed by atoms with E-state index in [1.807, 2.05) is 26.0 Å². The molecule has 2 aromatic carbocycles. The third-order valence-electron chi connectivity index (χ3n) is 5.36. The Morgan fingerprint density at radius 1 is 1.21 bits per heavy atom. The predicted molar refractivity (Wildman–Crippen MR) is 120 cm³/mol. The molecule has 0 saturated heterocycles. The van der Waals surface area contributed by atoms with Crippen LogP contribution in [0.1, 0.15) is 53.8 Å². The lowest BCUT2D eigenvalue weighted by molar-refractivity contribution is 0.0429. The van der Waals surface area contributed by atoms with Gasteiger partial charge in [0, 0.05) is 12.5 Å². The molecule has 0 amide bonds. The first-order valence-electron chi connectivity index (χ1n) is 10.6. The molecule has 0 bridgehead atoms. The number of esters is 1. The maximum Gasteiger partial charge on any atom is 0.338 e. The number of para-hydroxylation sites is 1. The Kier molecular flexibility index (Phi) is 6.37. The maximum atomic E-state index is 13.6. The standard InChI is InChI=1S/C23H25N3O6S/c1-15(2)22-24-21(32-25-22)14-31-23(27)17-10-11-19(30-3)20(13-17)33(28,29)26-12-6-8-16-7-4-5-9-18(16)26/h4-5,7,9-11,13,15H,6,8,12,14H2,1-3H3. The van der Waals surface area contributed by atoms with E-state index in [-0.39, 0.29) is 34.6 Å². The van der Waals surface area contributed by atoms with Crippen LogP contribution in [0, 0.1) is 0 Å². The summed E-state index contributed by atoms with van der Waals surface area (Å²) < 4.78 is 44.2. The van der Waals surface area contributed by atoms with Gasteiger partial charge < -0.3 is 14.0 Å². The van der Waals surface area contributed by atoms with E-state index < -0.39 is 16.0 Å². The van der Waals surface area contributed by atoms with Crippen molar-refractivity contribution >= 4 is 21.7 Å². The number of benzene rings is 2. The molecule has 1 aliphatic heterocycles. The molecule has 0 aliphatic carbocycles. The van der Waals surface area contributed by atoms with Gasteiger partial charge in [0.1, 0.15) is 10.6 Å². The second-order valence-electron chi connectivity index (χ2n) is 7.95. The summed E-state index contributed by atoms with van der Waals surface area (Å²) in [5.74, 6) is 0.192. The second kappa shape index (κ2) is 9.22. The molecule has 0 unspecified atom stereocenters. The van der Waals surface area contributed by atoms with Crippen LogP contribution in [0.25, 0.3) is 0 Å². The fourth-order valence-corrected chi connectivity index (χ4v) is 5.37. The lowest BCUT2D eigenvalue weighted by Gasteiger charge is -2.30. The van der Waals surface area contributed by atoms with Crippen molar-refractivity contribution in [2.45, 2.75) is 44.1 Å². The van der Waals surface area contributed by atoms with Crippen molar-refractivity contribution in [3.8, 4) is 5.75 Å². The Labute approximate surface area is 192 Å². The molecule has 174 valence electrons. The van der Waals surface area contributed by atoms with Gasteiger partial charge in [-0.2, -0.15) is 4.98 Å². The zero-order valence-corrected chi connectivity index (χ0v) is 19.5. The van der Waals surface area contributed by atoms with Crippen LogP contribution in [-0.2, 0) is 27.8 Å². The number of methoxy groups -OCH3 is 1. The maximum absolute atomic E-state index is 13.6. The topological polar surface area (TPSA) is 112 Å². The molecular formula is C23H25N3O6S. The van der Waals surface area contributed by atoms with Gasteiger partial charge in [-0.05, 0) is 42.7 Å². The van der Waals surface area contributed by atoms with Crippen LogP contribution in [0.15, 0.2) is 51.9 Å². The summed E-state index contributed by atoms with van der Waals surface area (Å²) in [6.45, 7) is 3.96. The summed E-state index contributed by atoms with van der Waals surface area (Å²) in [7, 11) is -2.60. The highest BCUT2D eigenvalue weighted by Crippen LogP contribution is 2.35. The Hall–Kier alpha value is -3.40. The third kappa shape index (κ3) is 4.56. The first kappa shape index (κ1) is 22.8. The van der Waals surface area contributed by atoms with Gasteiger partial charge in [-0.15, -0.1) is 0 Å². The van der Waals surface area contributed by atoms with E-state index in [4.69, 9.17) is 14.0 Å². The number of hydrogen-bond donors (Lipinski definition) is 0. The number of hydrogen-bond acceptors (Lipinski definition) is 8. The number of anilines is 1. The van der Waals surface area contributed by atoms with Crippen LogP contribution < -0.4 is 9.04 Å². The first-order chi connectivity index (χ1) is 15.8. The van der Waals surface area contributed by atoms with Crippen molar-refractivity contribution < 1.29 is 27.2 Å². The molecular weight excluding hydrogens is 446 g/mol. The number of rotatable bonds is 7. The van der Waals surface area contributed by atoms with Crippen LogP contribution in [0.4, 0.5) is 5.69 Å². The van der Waals surface area contributed by atoms with Crippen molar-refractivity contribution in [2.24, 2.45) is 0 Å². The number of carbonyl (C=O) groups excluding carboxylic acids is 1. The monoisotopic (exact) mass is 471 g/mol. The minimum atomic E-state index is -3.99. The molecule has 2 heterocycles. The molecule has 3 aromatic rings. The van der Waals surface area contributed by atoms with E-state index >= 15 is 0 Å². The minimum Gasteiger partial charge on any atom is -0.495 e. The SMILES string of the molecule is COc1ccc(C(=O)OCc2nc(C(C)C)no2)cc1S(=O)(=O)N1CCCc2ccccc21. The summed E-state index contributed by atoms with van der Waals surface area (Å²) in [4.78, 5) is 16.7. The van der Waals surface area contributed by atoms with E-state index in [1.165, 1.54) is 29.6 Å². The Bertz CT molecular complexity index is 1270. The number of fused-ring (bicyclic) bond motifs is 1. The molecule has 9 nitrogen and oxygen atoms in total. The molecule has 10 heteroatoms. The summed E-state index contributed by atoms with van der Waals surface area (Å²) in [5, 5.41) is 3.83. The molecule has 0 N–H and O–H groups in total. The van der Waals surface area contributed by atoms with Crippen molar-refractivity contribution in [3.05, 3.63) is 65.3 Å². The van der Waals surface area contributed by atoms with E-state index in [1.54, 1.807) is 12.1 Å². The van der Waals surface area contributed by atoms with Crippen molar-refractivity contribution in [1.29, 1.82) is 0 Å². The summed E-state index contributed by atoms with van der Waals surface area (Å²) in [6.07, 6.45) is 1.50. The van der Waals surface area contributed by atoms with Crippen LogP contribution in [0.2, 0.25) is 0 Å². The smallest absolute Gasteiger partial charge is 0.338 e. The number of carbonyl (C=O) groups is 1. The van der Waals surface area contributed by atoms with Gasteiger partial charge in [-0.1, -0.05) is 37.2 Å².